The fourth-order valence-corrected chi connectivity index (χ4v) is 1.83. The minimum atomic E-state index is -0.688. The number of carbonyl (C=O) groups excluding carboxylic acids is 1. The molecule has 1 saturated heterocycles. The fourth-order valence-electron chi connectivity index (χ4n) is 1.83. The normalized spacial score (nSPS) is 36.2. The molecule has 70 valence electrons. The summed E-state index contributed by atoms with van der Waals surface area (Å²) in [6, 6.07) is 0. The molecule has 1 unspecified atom stereocenters. The quantitative estimate of drug-likeness (QED) is 0.411. The van der Waals surface area contributed by atoms with Gasteiger partial charge >= 0.3 is 5.91 Å². The van der Waals surface area contributed by atoms with Gasteiger partial charge < -0.3 is 5.21 Å². The Hall–Kier alpha value is -0.410. The molecule has 1 fully saturated rings. The summed E-state index contributed by atoms with van der Waals surface area (Å²) in [6.07, 6.45) is 2.71. The molecule has 0 bridgehead atoms. The number of rotatable bonds is 0. The predicted octanol–water partition coefficient (Wildman–Crippen LogP) is 1.67. The molecule has 3 nitrogen and oxygen atoms in total. The van der Waals surface area contributed by atoms with E-state index in [0.717, 1.165) is 19.3 Å². The van der Waals surface area contributed by atoms with Gasteiger partial charge in [0.15, 0.2) is 0 Å². The van der Waals surface area contributed by atoms with Gasteiger partial charge in [0.05, 0.1) is 19.0 Å². The Balaban J connectivity index is 2.89. The second-order valence-corrected chi connectivity index (χ2v) is 4.47. The Morgan fingerprint density at radius 1 is 1.42 bits per heavy atom. The first-order valence-corrected chi connectivity index (χ1v) is 4.48. The number of nitrogens with zero attached hydrogens (tertiary/aromatic N) is 1. The Bertz CT molecular complexity index is 177. The Morgan fingerprint density at radius 3 is 2.58 bits per heavy atom. The van der Waals surface area contributed by atoms with Gasteiger partial charge in [0.25, 0.3) is 0 Å². The van der Waals surface area contributed by atoms with Gasteiger partial charge in [-0.2, -0.15) is 0 Å². The largest absolute Gasteiger partial charge is 0.625 e. The summed E-state index contributed by atoms with van der Waals surface area (Å²) < 4.78 is -0.688. The maximum Gasteiger partial charge on any atom is 0.319 e. The summed E-state index contributed by atoms with van der Waals surface area (Å²) in [5, 5.41) is 11.7. The van der Waals surface area contributed by atoms with E-state index in [1.54, 1.807) is 0 Å². The topological polar surface area (TPSA) is 40.1 Å². The van der Waals surface area contributed by atoms with Crippen LogP contribution in [0.15, 0.2) is 0 Å². The highest BCUT2D eigenvalue weighted by atomic mass is 16.6. The third-order valence-corrected chi connectivity index (χ3v) is 2.65. The molecular formula is C9H17NO2. The van der Waals surface area contributed by atoms with Crippen molar-refractivity contribution in [1.29, 1.82) is 0 Å². The highest BCUT2D eigenvalue weighted by molar-refractivity contribution is 5.75. The van der Waals surface area contributed by atoms with Crippen LogP contribution < -0.4 is 0 Å². The molecule has 1 amide bonds. The summed E-state index contributed by atoms with van der Waals surface area (Å²) in [6.45, 7) is 4.19. The number of likely N-dealkylation sites (tertiary alicyclic amines) is 1. The Morgan fingerprint density at radius 2 is 2.00 bits per heavy atom. The monoisotopic (exact) mass is 171 g/mol. The zero-order valence-electron chi connectivity index (χ0n) is 8.09. The molecule has 1 rings (SSSR count). The van der Waals surface area contributed by atoms with Crippen LogP contribution >= 0.6 is 0 Å². The van der Waals surface area contributed by atoms with Crippen LogP contribution in [-0.2, 0) is 4.79 Å². The maximum absolute atomic E-state index is 11.7. The molecule has 0 aromatic heterocycles. The third-order valence-electron chi connectivity index (χ3n) is 2.65. The molecule has 1 aliphatic rings. The van der Waals surface area contributed by atoms with Gasteiger partial charge in [-0.3, -0.25) is 4.65 Å². The molecule has 0 saturated carbocycles. The molecule has 1 atom stereocenters. The van der Waals surface area contributed by atoms with Gasteiger partial charge in [0.2, 0.25) is 0 Å². The van der Waals surface area contributed by atoms with Crippen molar-refractivity contribution in [2.45, 2.75) is 33.1 Å². The van der Waals surface area contributed by atoms with Gasteiger partial charge in [-0.25, -0.2) is 4.79 Å². The van der Waals surface area contributed by atoms with Gasteiger partial charge in [-0.15, -0.1) is 0 Å². The van der Waals surface area contributed by atoms with Crippen LogP contribution in [-0.4, -0.2) is 24.1 Å². The summed E-state index contributed by atoms with van der Waals surface area (Å²) in [7, 11) is 1.47. The van der Waals surface area contributed by atoms with Crippen LogP contribution in [0.2, 0.25) is 0 Å². The maximum atomic E-state index is 11.7. The van der Waals surface area contributed by atoms with Gasteiger partial charge in [0.1, 0.15) is 0 Å². The number of carbonyl (C=O) groups is 1. The first-order valence-electron chi connectivity index (χ1n) is 4.48. The molecule has 0 aromatic carbocycles. The van der Waals surface area contributed by atoms with Crippen LogP contribution in [0, 0.1) is 10.6 Å². The van der Waals surface area contributed by atoms with Crippen molar-refractivity contribution < 1.29 is 9.44 Å². The fraction of sp³-hybridized carbons (Fsp3) is 0.889. The lowest BCUT2D eigenvalue weighted by Gasteiger charge is -2.38. The molecule has 3 heteroatoms. The lowest BCUT2D eigenvalue weighted by atomic mass is 9.87. The van der Waals surface area contributed by atoms with Crippen molar-refractivity contribution >= 4 is 5.91 Å². The summed E-state index contributed by atoms with van der Waals surface area (Å²) in [4.78, 5) is 11.6. The SMILES string of the molecule is CC1(C)CCCC[N+](C)([O-])C1=O. The number of hydroxylamine groups is 3. The molecule has 0 radical (unpaired) electrons. The minimum Gasteiger partial charge on any atom is -0.625 e. The molecule has 0 aliphatic carbocycles. The van der Waals surface area contributed by atoms with Crippen molar-refractivity contribution in [3.63, 3.8) is 0 Å². The highest BCUT2D eigenvalue weighted by Crippen LogP contribution is 2.31. The van der Waals surface area contributed by atoms with Crippen molar-refractivity contribution in [1.82, 2.24) is 0 Å². The standard InChI is InChI=1S/C9H17NO2/c1-9(2)6-4-5-7-10(3,12)8(9)11/h4-7H2,1-3H3. The molecule has 1 aliphatic heterocycles. The van der Waals surface area contributed by atoms with E-state index in [1.807, 2.05) is 13.8 Å². The molecular weight excluding hydrogens is 154 g/mol. The number of hydrogen-bond acceptors (Lipinski definition) is 2. The van der Waals surface area contributed by atoms with Gasteiger partial charge in [0, 0.05) is 0 Å². The molecule has 0 N–H and O–H groups in total. The van der Waals surface area contributed by atoms with Crippen LogP contribution in [0.5, 0.6) is 0 Å². The van der Waals surface area contributed by atoms with Gasteiger partial charge in [-0.1, -0.05) is 0 Å². The lowest BCUT2D eigenvalue weighted by Crippen LogP contribution is -2.49. The molecule has 12 heavy (non-hydrogen) atoms. The first kappa shape index (κ1) is 9.68. The van der Waals surface area contributed by atoms with E-state index in [4.69, 9.17) is 0 Å². The number of quaternary nitrogens is 1. The van der Waals surface area contributed by atoms with E-state index < -0.39 is 10.1 Å². The first-order chi connectivity index (χ1) is 5.36. The lowest BCUT2D eigenvalue weighted by molar-refractivity contribution is -0.785. The summed E-state index contributed by atoms with van der Waals surface area (Å²) in [5.74, 6) is -0.167. The van der Waals surface area contributed by atoms with Crippen LogP contribution in [0.4, 0.5) is 0 Å². The number of amides is 1. The Labute approximate surface area is 73.5 Å². The zero-order chi connectivity index (χ0) is 9.41. The van der Waals surface area contributed by atoms with E-state index in [-0.39, 0.29) is 5.91 Å². The Kier molecular flexibility index (Phi) is 2.27. The van der Waals surface area contributed by atoms with Crippen molar-refractivity contribution in [2.24, 2.45) is 5.41 Å². The smallest absolute Gasteiger partial charge is 0.319 e. The average Bonchev–Trinajstić information content (AvgIpc) is 2.02. The third kappa shape index (κ3) is 1.67. The summed E-state index contributed by atoms with van der Waals surface area (Å²) in [5.41, 5.74) is -0.424. The number of hydrogen-bond donors (Lipinski definition) is 0. The van der Waals surface area contributed by atoms with E-state index in [0.29, 0.717) is 6.54 Å². The van der Waals surface area contributed by atoms with E-state index >= 15 is 0 Å². The average molecular weight is 171 g/mol. The van der Waals surface area contributed by atoms with Crippen LogP contribution in [0.25, 0.3) is 0 Å². The van der Waals surface area contributed by atoms with Crippen molar-refractivity contribution in [3.05, 3.63) is 5.21 Å². The molecule has 0 aromatic rings. The predicted molar refractivity (Wildman–Crippen MR) is 47.1 cm³/mol. The van der Waals surface area contributed by atoms with E-state index in [2.05, 4.69) is 0 Å². The van der Waals surface area contributed by atoms with E-state index in [9.17, 15) is 10.0 Å². The van der Waals surface area contributed by atoms with E-state index in [1.165, 1.54) is 7.05 Å². The zero-order valence-corrected chi connectivity index (χ0v) is 8.09. The molecule has 0 spiro atoms. The highest BCUT2D eigenvalue weighted by Gasteiger charge is 2.39. The van der Waals surface area contributed by atoms with Crippen molar-refractivity contribution in [3.8, 4) is 0 Å². The second kappa shape index (κ2) is 2.82. The summed E-state index contributed by atoms with van der Waals surface area (Å²) >= 11 is 0. The molecule has 1 heterocycles. The van der Waals surface area contributed by atoms with Crippen LogP contribution in [0.3, 0.4) is 0 Å². The minimum absolute atomic E-state index is 0.167. The second-order valence-electron chi connectivity index (χ2n) is 4.47. The van der Waals surface area contributed by atoms with Gasteiger partial charge in [-0.05, 0) is 33.1 Å². The van der Waals surface area contributed by atoms with Crippen LogP contribution in [0.1, 0.15) is 33.1 Å². The van der Waals surface area contributed by atoms with Crippen molar-refractivity contribution in [2.75, 3.05) is 13.6 Å².